The average Bonchev–Trinajstić information content (AvgIpc) is 2.12. The molecule has 0 fully saturated rings. The third-order valence-electron chi connectivity index (χ3n) is 1.16. The van der Waals surface area contributed by atoms with Crippen molar-refractivity contribution in [1.29, 1.82) is 5.41 Å². The summed E-state index contributed by atoms with van der Waals surface area (Å²) in [7, 11) is 0. The van der Waals surface area contributed by atoms with Gasteiger partial charge in [-0.25, -0.2) is 0 Å². The molecule has 2 N–H and O–H groups in total. The molecule has 0 spiro atoms. The Hall–Kier alpha value is -0.840. The summed E-state index contributed by atoms with van der Waals surface area (Å²) in [4.78, 5) is 10.8. The van der Waals surface area contributed by atoms with Crippen molar-refractivity contribution in [2.24, 2.45) is 0 Å². The first-order valence-electron chi connectivity index (χ1n) is 3.95. The van der Waals surface area contributed by atoms with E-state index in [-0.39, 0.29) is 5.97 Å². The summed E-state index contributed by atoms with van der Waals surface area (Å²) in [6.07, 6.45) is 3.12. The molecule has 0 atom stereocenters. The molecule has 0 rings (SSSR count). The molecule has 74 valence electrons. The van der Waals surface area contributed by atoms with E-state index in [0.29, 0.717) is 24.1 Å². The zero-order valence-corrected chi connectivity index (χ0v) is 9.06. The minimum atomic E-state index is -0.214. The fourth-order valence-electron chi connectivity index (χ4n) is 0.619. The molecule has 4 nitrogen and oxygen atoms in total. The number of carbonyl (C=O) groups excluding carboxylic acids is 1. The second-order valence-electron chi connectivity index (χ2n) is 2.18. The number of hydrogen-bond donors (Lipinski definition) is 2. The van der Waals surface area contributed by atoms with Gasteiger partial charge in [-0.2, -0.15) is 0 Å². The van der Waals surface area contributed by atoms with Crippen molar-refractivity contribution < 1.29 is 9.53 Å². The molecule has 0 aromatic rings. The van der Waals surface area contributed by atoms with Crippen LogP contribution < -0.4 is 5.32 Å². The lowest BCUT2D eigenvalue weighted by Crippen LogP contribution is -2.14. The highest BCUT2D eigenvalue weighted by molar-refractivity contribution is 9.12. The van der Waals surface area contributed by atoms with Crippen LogP contribution in [0.4, 0.5) is 0 Å². The SMILES string of the molecule is CCOC(=O)CCN/C=C(/Br)C=N. The molecule has 0 aliphatic carbocycles. The largest absolute Gasteiger partial charge is 0.466 e. The highest BCUT2D eigenvalue weighted by Crippen LogP contribution is 1.96. The Bertz CT molecular complexity index is 204. The van der Waals surface area contributed by atoms with Crippen LogP contribution in [-0.2, 0) is 9.53 Å². The first-order chi connectivity index (χ1) is 6.20. The van der Waals surface area contributed by atoms with E-state index in [0.717, 1.165) is 6.21 Å². The Labute approximate surface area is 86.0 Å². The highest BCUT2D eigenvalue weighted by Gasteiger charge is 1.98. The number of halogens is 1. The van der Waals surface area contributed by atoms with E-state index in [4.69, 9.17) is 10.1 Å². The predicted molar refractivity (Wildman–Crippen MR) is 55.0 cm³/mol. The minimum Gasteiger partial charge on any atom is -0.466 e. The van der Waals surface area contributed by atoms with Crippen LogP contribution in [0.5, 0.6) is 0 Å². The normalized spacial score (nSPS) is 10.8. The van der Waals surface area contributed by atoms with Gasteiger partial charge in [0.25, 0.3) is 0 Å². The third kappa shape index (κ3) is 7.52. The Kier molecular flexibility index (Phi) is 7.29. The zero-order chi connectivity index (χ0) is 10.1. The van der Waals surface area contributed by atoms with Gasteiger partial charge in [0.2, 0.25) is 0 Å². The molecule has 0 unspecified atom stereocenters. The Balaban J connectivity index is 3.45. The number of carbonyl (C=O) groups is 1. The summed E-state index contributed by atoms with van der Waals surface area (Å²) in [5.41, 5.74) is 0. The van der Waals surface area contributed by atoms with Gasteiger partial charge in [-0.15, -0.1) is 0 Å². The van der Waals surface area contributed by atoms with E-state index >= 15 is 0 Å². The molecule has 0 bridgehead atoms. The molecular formula is C8H13BrN2O2. The molecule has 0 aromatic heterocycles. The van der Waals surface area contributed by atoms with Crippen molar-refractivity contribution in [3.05, 3.63) is 10.7 Å². The van der Waals surface area contributed by atoms with E-state index in [1.165, 1.54) is 0 Å². The van der Waals surface area contributed by atoms with Crippen molar-refractivity contribution in [2.75, 3.05) is 13.2 Å². The van der Waals surface area contributed by atoms with Crippen molar-refractivity contribution in [3.8, 4) is 0 Å². The summed E-state index contributed by atoms with van der Waals surface area (Å²) in [6.45, 7) is 2.71. The van der Waals surface area contributed by atoms with E-state index in [2.05, 4.69) is 21.2 Å². The molecule has 0 aromatic carbocycles. The van der Waals surface area contributed by atoms with Gasteiger partial charge in [-0.3, -0.25) is 4.79 Å². The molecule has 0 aliphatic rings. The molecule has 0 amide bonds. The van der Waals surface area contributed by atoms with Crippen LogP contribution in [0.3, 0.4) is 0 Å². The second kappa shape index (κ2) is 7.79. The lowest BCUT2D eigenvalue weighted by atomic mass is 10.4. The molecule has 13 heavy (non-hydrogen) atoms. The van der Waals surface area contributed by atoms with Crippen LogP contribution in [0.2, 0.25) is 0 Å². The van der Waals surface area contributed by atoms with E-state index < -0.39 is 0 Å². The maximum absolute atomic E-state index is 10.8. The fraction of sp³-hybridized carbons (Fsp3) is 0.500. The van der Waals surface area contributed by atoms with Gasteiger partial charge < -0.3 is 15.5 Å². The van der Waals surface area contributed by atoms with Gasteiger partial charge >= 0.3 is 5.97 Å². The second-order valence-corrected chi connectivity index (χ2v) is 3.10. The van der Waals surface area contributed by atoms with Crippen molar-refractivity contribution in [1.82, 2.24) is 5.32 Å². The first-order valence-corrected chi connectivity index (χ1v) is 4.75. The number of allylic oxidation sites excluding steroid dienone is 1. The molecule has 0 heterocycles. The topological polar surface area (TPSA) is 62.2 Å². The Morgan fingerprint density at radius 3 is 2.92 bits per heavy atom. The monoisotopic (exact) mass is 248 g/mol. The smallest absolute Gasteiger partial charge is 0.307 e. The van der Waals surface area contributed by atoms with Crippen LogP contribution in [0, 0.1) is 5.41 Å². The molecule has 0 radical (unpaired) electrons. The average molecular weight is 249 g/mol. The Morgan fingerprint density at radius 1 is 1.69 bits per heavy atom. The molecule has 5 heteroatoms. The maximum Gasteiger partial charge on any atom is 0.307 e. The summed E-state index contributed by atoms with van der Waals surface area (Å²) >= 11 is 3.11. The summed E-state index contributed by atoms with van der Waals surface area (Å²) in [5.74, 6) is -0.214. The van der Waals surface area contributed by atoms with Crippen molar-refractivity contribution >= 4 is 28.1 Å². The molecule has 0 aliphatic heterocycles. The van der Waals surface area contributed by atoms with E-state index in [1.807, 2.05) is 0 Å². The zero-order valence-electron chi connectivity index (χ0n) is 7.47. The number of rotatable bonds is 6. The van der Waals surface area contributed by atoms with Crippen molar-refractivity contribution in [2.45, 2.75) is 13.3 Å². The lowest BCUT2D eigenvalue weighted by Gasteiger charge is -2.01. The number of nitrogens with one attached hydrogen (secondary N) is 2. The molecule has 0 saturated carbocycles. The maximum atomic E-state index is 10.8. The highest BCUT2D eigenvalue weighted by atomic mass is 79.9. The number of ether oxygens (including phenoxy) is 1. The summed E-state index contributed by atoms with van der Waals surface area (Å²) in [5, 5.41) is 9.69. The van der Waals surface area contributed by atoms with Gasteiger partial charge in [0.15, 0.2) is 0 Å². The van der Waals surface area contributed by atoms with E-state index in [9.17, 15) is 4.79 Å². The third-order valence-corrected chi connectivity index (χ3v) is 1.61. The lowest BCUT2D eigenvalue weighted by molar-refractivity contribution is -0.142. The van der Waals surface area contributed by atoms with E-state index in [1.54, 1.807) is 13.1 Å². The number of esters is 1. The van der Waals surface area contributed by atoms with Crippen LogP contribution in [0.1, 0.15) is 13.3 Å². The van der Waals surface area contributed by atoms with Gasteiger partial charge in [-0.05, 0) is 22.9 Å². The summed E-state index contributed by atoms with van der Waals surface area (Å²) < 4.78 is 5.35. The Morgan fingerprint density at radius 2 is 2.38 bits per heavy atom. The van der Waals surface area contributed by atoms with Gasteiger partial charge in [0.1, 0.15) is 0 Å². The van der Waals surface area contributed by atoms with Crippen molar-refractivity contribution in [3.63, 3.8) is 0 Å². The van der Waals surface area contributed by atoms with Gasteiger partial charge in [-0.1, -0.05) is 0 Å². The standard InChI is InChI=1S/C8H13BrN2O2/c1-2-13-8(12)3-4-11-6-7(9)5-10/h5-6,10-11H,2-4H2,1H3/b7-6+,10-5?. The van der Waals surface area contributed by atoms with Crippen LogP contribution in [0.15, 0.2) is 10.7 Å². The van der Waals surface area contributed by atoms with Crippen LogP contribution >= 0.6 is 15.9 Å². The van der Waals surface area contributed by atoms with Gasteiger partial charge in [0.05, 0.1) is 17.5 Å². The minimum absolute atomic E-state index is 0.214. The predicted octanol–water partition coefficient (Wildman–Crippen LogP) is 1.42. The van der Waals surface area contributed by atoms with Crippen LogP contribution in [-0.4, -0.2) is 25.3 Å². The fourth-order valence-corrected chi connectivity index (χ4v) is 0.781. The van der Waals surface area contributed by atoms with Gasteiger partial charge in [0, 0.05) is 19.0 Å². The molecule has 0 saturated heterocycles. The summed E-state index contributed by atoms with van der Waals surface area (Å²) in [6, 6.07) is 0. The first kappa shape index (κ1) is 12.2. The molecular weight excluding hydrogens is 236 g/mol. The van der Waals surface area contributed by atoms with Crippen LogP contribution in [0.25, 0.3) is 0 Å². The number of hydrogen-bond acceptors (Lipinski definition) is 4. The quantitative estimate of drug-likeness (QED) is 0.425.